The van der Waals surface area contributed by atoms with Gasteiger partial charge in [-0.3, -0.25) is 9.59 Å². The molecule has 3 rings (SSSR count). The van der Waals surface area contributed by atoms with Crippen LogP contribution in [0.3, 0.4) is 0 Å². The molecule has 1 aromatic rings. The molecular formula is C16H17NO3. The second-order valence-corrected chi connectivity index (χ2v) is 5.38. The lowest BCUT2D eigenvalue weighted by molar-refractivity contribution is -0.138. The number of aliphatic carboxylic acids is 1. The molecular weight excluding hydrogens is 254 g/mol. The zero-order chi connectivity index (χ0) is 14.1. The second kappa shape index (κ2) is 5.12. The van der Waals surface area contributed by atoms with Crippen LogP contribution in [0.2, 0.25) is 0 Å². The topological polar surface area (TPSA) is 57.6 Å². The van der Waals surface area contributed by atoms with Gasteiger partial charge in [0, 0.05) is 18.2 Å². The fourth-order valence-electron chi connectivity index (χ4n) is 3.07. The summed E-state index contributed by atoms with van der Waals surface area (Å²) in [5.41, 5.74) is 1.51. The molecule has 1 aliphatic heterocycles. The van der Waals surface area contributed by atoms with E-state index >= 15 is 0 Å². The number of allylic oxidation sites excluding steroid dienone is 2. The number of carboxylic acid groups (broad SMARTS) is 1. The monoisotopic (exact) mass is 271 g/mol. The lowest BCUT2D eigenvalue weighted by Crippen LogP contribution is -2.36. The normalized spacial score (nSPS) is 24.5. The first-order valence-electron chi connectivity index (χ1n) is 6.96. The SMILES string of the molecule is O=C(O)[C@@H]1CN(C(=O)[C@H]2CC=CCC2)c2ccccc21. The first kappa shape index (κ1) is 12.9. The third-order valence-corrected chi connectivity index (χ3v) is 4.15. The van der Waals surface area contributed by atoms with E-state index < -0.39 is 11.9 Å². The molecule has 0 bridgehead atoms. The van der Waals surface area contributed by atoms with E-state index in [0.717, 1.165) is 30.5 Å². The molecule has 1 amide bonds. The molecule has 1 N–H and O–H groups in total. The van der Waals surface area contributed by atoms with Crippen LogP contribution in [0.25, 0.3) is 0 Å². The van der Waals surface area contributed by atoms with Gasteiger partial charge < -0.3 is 10.0 Å². The summed E-state index contributed by atoms with van der Waals surface area (Å²) < 4.78 is 0. The summed E-state index contributed by atoms with van der Waals surface area (Å²) in [5, 5.41) is 9.32. The fraction of sp³-hybridized carbons (Fsp3) is 0.375. The van der Waals surface area contributed by atoms with E-state index in [1.54, 1.807) is 4.90 Å². The number of benzene rings is 1. The van der Waals surface area contributed by atoms with Gasteiger partial charge in [0.05, 0.1) is 0 Å². The number of hydrogen-bond donors (Lipinski definition) is 1. The number of carboxylic acids is 1. The van der Waals surface area contributed by atoms with E-state index in [2.05, 4.69) is 6.08 Å². The van der Waals surface area contributed by atoms with E-state index in [1.165, 1.54) is 0 Å². The van der Waals surface area contributed by atoms with Gasteiger partial charge in [-0.25, -0.2) is 0 Å². The average Bonchev–Trinajstić information content (AvgIpc) is 2.87. The Morgan fingerprint density at radius 3 is 2.70 bits per heavy atom. The van der Waals surface area contributed by atoms with Crippen LogP contribution < -0.4 is 4.90 Å². The molecule has 4 nitrogen and oxygen atoms in total. The molecule has 0 spiro atoms. The first-order valence-corrected chi connectivity index (χ1v) is 6.96. The largest absolute Gasteiger partial charge is 0.481 e. The molecule has 1 heterocycles. The minimum absolute atomic E-state index is 0.0133. The van der Waals surface area contributed by atoms with Crippen LogP contribution in [0.5, 0.6) is 0 Å². The van der Waals surface area contributed by atoms with Crippen molar-refractivity contribution in [2.45, 2.75) is 25.2 Å². The van der Waals surface area contributed by atoms with E-state index in [4.69, 9.17) is 0 Å². The third-order valence-electron chi connectivity index (χ3n) is 4.15. The minimum atomic E-state index is -0.865. The van der Waals surface area contributed by atoms with E-state index in [0.29, 0.717) is 0 Å². The van der Waals surface area contributed by atoms with E-state index in [1.807, 2.05) is 30.3 Å². The van der Waals surface area contributed by atoms with Crippen LogP contribution in [0.4, 0.5) is 5.69 Å². The van der Waals surface area contributed by atoms with Crippen LogP contribution in [-0.4, -0.2) is 23.5 Å². The van der Waals surface area contributed by atoms with Crippen molar-refractivity contribution < 1.29 is 14.7 Å². The molecule has 1 aliphatic carbocycles. The number of para-hydroxylation sites is 1. The first-order chi connectivity index (χ1) is 9.68. The van der Waals surface area contributed by atoms with Gasteiger partial charge >= 0.3 is 5.97 Å². The van der Waals surface area contributed by atoms with Crippen LogP contribution in [0.1, 0.15) is 30.7 Å². The zero-order valence-corrected chi connectivity index (χ0v) is 11.2. The maximum Gasteiger partial charge on any atom is 0.312 e. The minimum Gasteiger partial charge on any atom is -0.481 e. The van der Waals surface area contributed by atoms with Crippen molar-refractivity contribution in [3.8, 4) is 0 Å². The highest BCUT2D eigenvalue weighted by Gasteiger charge is 2.38. The summed E-state index contributed by atoms with van der Waals surface area (Å²) >= 11 is 0. The van der Waals surface area contributed by atoms with Gasteiger partial charge in [0.2, 0.25) is 5.91 Å². The van der Waals surface area contributed by atoms with Gasteiger partial charge in [-0.15, -0.1) is 0 Å². The Balaban J connectivity index is 1.90. The van der Waals surface area contributed by atoms with Gasteiger partial charge in [-0.05, 0) is 30.9 Å². The molecule has 4 heteroatoms. The molecule has 1 aromatic carbocycles. The Morgan fingerprint density at radius 2 is 2.00 bits per heavy atom. The van der Waals surface area contributed by atoms with E-state index in [-0.39, 0.29) is 18.4 Å². The summed E-state index contributed by atoms with van der Waals surface area (Å²) in [5.74, 6) is -1.42. The van der Waals surface area contributed by atoms with Crippen molar-refractivity contribution >= 4 is 17.6 Å². The molecule has 0 fully saturated rings. The molecule has 0 radical (unpaired) electrons. The smallest absolute Gasteiger partial charge is 0.312 e. The lowest BCUT2D eigenvalue weighted by atomic mass is 9.93. The van der Waals surface area contributed by atoms with Crippen molar-refractivity contribution in [3.05, 3.63) is 42.0 Å². The van der Waals surface area contributed by atoms with E-state index in [9.17, 15) is 14.7 Å². The molecule has 2 aliphatic rings. The zero-order valence-electron chi connectivity index (χ0n) is 11.2. The summed E-state index contributed by atoms with van der Waals surface area (Å²) in [6.45, 7) is 0.258. The van der Waals surface area contributed by atoms with Crippen molar-refractivity contribution in [2.75, 3.05) is 11.4 Å². The molecule has 2 atom stereocenters. The second-order valence-electron chi connectivity index (χ2n) is 5.38. The molecule has 0 saturated heterocycles. The number of hydrogen-bond acceptors (Lipinski definition) is 2. The highest BCUT2D eigenvalue weighted by molar-refractivity contribution is 6.00. The molecule has 104 valence electrons. The van der Waals surface area contributed by atoms with Crippen molar-refractivity contribution in [3.63, 3.8) is 0 Å². The Bertz CT molecular complexity index is 579. The van der Waals surface area contributed by atoms with Crippen molar-refractivity contribution in [1.29, 1.82) is 0 Å². The lowest BCUT2D eigenvalue weighted by Gasteiger charge is -2.24. The summed E-state index contributed by atoms with van der Waals surface area (Å²) in [6, 6.07) is 7.33. The number of carbonyl (C=O) groups excluding carboxylic acids is 1. The average molecular weight is 271 g/mol. The predicted molar refractivity (Wildman–Crippen MR) is 75.7 cm³/mol. The molecule has 0 unspecified atom stereocenters. The fourth-order valence-corrected chi connectivity index (χ4v) is 3.07. The highest BCUT2D eigenvalue weighted by Crippen LogP contribution is 2.38. The Morgan fingerprint density at radius 1 is 1.20 bits per heavy atom. The molecule has 20 heavy (non-hydrogen) atoms. The number of fused-ring (bicyclic) bond motifs is 1. The van der Waals surface area contributed by atoms with Crippen molar-refractivity contribution in [2.24, 2.45) is 5.92 Å². The number of anilines is 1. The Kier molecular flexibility index (Phi) is 3.30. The van der Waals surface area contributed by atoms with Gasteiger partial charge in [-0.2, -0.15) is 0 Å². The Labute approximate surface area is 117 Å². The van der Waals surface area contributed by atoms with Crippen LogP contribution >= 0.6 is 0 Å². The summed E-state index contributed by atoms with van der Waals surface area (Å²) in [4.78, 5) is 25.7. The number of nitrogens with zero attached hydrogens (tertiary/aromatic N) is 1. The predicted octanol–water partition coefficient (Wildman–Crippen LogP) is 2.56. The summed E-state index contributed by atoms with van der Waals surface area (Å²) in [6.07, 6.45) is 6.68. The quantitative estimate of drug-likeness (QED) is 0.841. The number of rotatable bonds is 2. The van der Waals surface area contributed by atoms with Gasteiger partial charge in [0.1, 0.15) is 5.92 Å². The third kappa shape index (κ3) is 2.11. The van der Waals surface area contributed by atoms with Gasteiger partial charge in [0.15, 0.2) is 0 Å². The van der Waals surface area contributed by atoms with Crippen LogP contribution in [0, 0.1) is 5.92 Å². The maximum absolute atomic E-state index is 12.6. The van der Waals surface area contributed by atoms with Crippen LogP contribution in [0.15, 0.2) is 36.4 Å². The molecule has 0 saturated carbocycles. The van der Waals surface area contributed by atoms with Gasteiger partial charge in [0.25, 0.3) is 0 Å². The van der Waals surface area contributed by atoms with Crippen molar-refractivity contribution in [1.82, 2.24) is 0 Å². The summed E-state index contributed by atoms with van der Waals surface area (Å²) in [7, 11) is 0. The maximum atomic E-state index is 12.6. The number of carbonyl (C=O) groups is 2. The number of amides is 1. The van der Waals surface area contributed by atoms with Crippen LogP contribution in [-0.2, 0) is 9.59 Å². The Hall–Kier alpha value is -2.10. The standard InChI is InChI=1S/C16H17NO3/c18-15(11-6-2-1-3-7-11)17-10-13(16(19)20)12-8-4-5-9-14(12)17/h1-2,4-5,8-9,11,13H,3,6-7,10H2,(H,19,20)/t11-,13+/m0/s1. The highest BCUT2D eigenvalue weighted by atomic mass is 16.4. The van der Waals surface area contributed by atoms with Gasteiger partial charge in [-0.1, -0.05) is 30.4 Å². The molecule has 0 aromatic heterocycles.